The average Bonchev–Trinajstić information content (AvgIpc) is 2.66. The predicted octanol–water partition coefficient (Wildman–Crippen LogP) is 1.30. The van der Waals surface area contributed by atoms with Gasteiger partial charge in [-0.1, -0.05) is 5.92 Å². The Bertz CT molecular complexity index is 615. The Balaban J connectivity index is 2.18. The van der Waals surface area contributed by atoms with Gasteiger partial charge in [-0.05, 0) is 40.7 Å². The van der Waals surface area contributed by atoms with Gasteiger partial charge in [0.1, 0.15) is 0 Å². The van der Waals surface area contributed by atoms with E-state index < -0.39 is 24.3 Å². The van der Waals surface area contributed by atoms with Crippen LogP contribution in [0.5, 0.6) is 0 Å². The summed E-state index contributed by atoms with van der Waals surface area (Å²) in [7, 11) is -0.498. The summed E-state index contributed by atoms with van der Waals surface area (Å²) in [5.74, 6) is 4.60. The van der Waals surface area contributed by atoms with Crippen molar-refractivity contribution in [2.75, 3.05) is 6.61 Å². The molecule has 1 aromatic rings. The molecule has 0 N–H and O–H groups in total. The van der Waals surface area contributed by atoms with Crippen LogP contribution in [0.1, 0.15) is 40.2 Å². The lowest BCUT2D eigenvalue weighted by molar-refractivity contribution is -0.136. The first kappa shape index (κ1) is 16.5. The van der Waals surface area contributed by atoms with Crippen LogP contribution < -0.4 is 5.46 Å². The van der Waals surface area contributed by atoms with Gasteiger partial charge in [0.2, 0.25) is 0 Å². The minimum atomic E-state index is -0.552. The summed E-state index contributed by atoms with van der Waals surface area (Å²) in [6.07, 6.45) is 3.26. The molecule has 0 aliphatic carbocycles. The van der Waals surface area contributed by atoms with Crippen molar-refractivity contribution >= 4 is 18.6 Å². The van der Waals surface area contributed by atoms with E-state index in [9.17, 15) is 4.79 Å². The standard InChI is InChI=1S/C16H20BNO4/c1-6-20-14(19)8-7-12-9-13(11-18-10-12)17-21-15(2,3)16(4,5)22-17/h9-11H,6H2,1-5H3. The Morgan fingerprint density at radius 2 is 1.91 bits per heavy atom. The second-order valence-electron chi connectivity index (χ2n) is 6.07. The molecule has 1 fully saturated rings. The monoisotopic (exact) mass is 301 g/mol. The quantitative estimate of drug-likeness (QED) is 0.468. The molecule has 0 radical (unpaired) electrons. The number of aromatic nitrogens is 1. The molecule has 22 heavy (non-hydrogen) atoms. The first-order valence-electron chi connectivity index (χ1n) is 7.24. The van der Waals surface area contributed by atoms with Crippen molar-refractivity contribution in [3.8, 4) is 11.8 Å². The van der Waals surface area contributed by atoms with Gasteiger partial charge in [-0.2, -0.15) is 0 Å². The molecular weight excluding hydrogens is 281 g/mol. The van der Waals surface area contributed by atoms with Gasteiger partial charge in [0.05, 0.1) is 17.8 Å². The fraction of sp³-hybridized carbons (Fsp3) is 0.500. The number of nitrogens with zero attached hydrogens (tertiary/aromatic N) is 1. The molecule has 1 aliphatic rings. The average molecular weight is 301 g/mol. The maximum absolute atomic E-state index is 11.3. The minimum Gasteiger partial charge on any atom is -0.456 e. The molecule has 0 spiro atoms. The third-order valence-corrected chi connectivity index (χ3v) is 3.87. The highest BCUT2D eigenvalue weighted by atomic mass is 16.7. The summed E-state index contributed by atoms with van der Waals surface area (Å²) in [6.45, 7) is 10.0. The smallest absolute Gasteiger partial charge is 0.456 e. The molecule has 1 aliphatic heterocycles. The van der Waals surface area contributed by atoms with Crippen LogP contribution in [-0.2, 0) is 18.8 Å². The van der Waals surface area contributed by atoms with E-state index in [2.05, 4.69) is 16.8 Å². The highest BCUT2D eigenvalue weighted by molar-refractivity contribution is 6.62. The summed E-state index contributed by atoms with van der Waals surface area (Å²) in [5.41, 5.74) is 0.559. The molecule has 5 nitrogen and oxygen atoms in total. The first-order chi connectivity index (χ1) is 10.2. The van der Waals surface area contributed by atoms with E-state index >= 15 is 0 Å². The van der Waals surface area contributed by atoms with E-state index in [1.54, 1.807) is 25.4 Å². The third-order valence-electron chi connectivity index (χ3n) is 3.87. The van der Waals surface area contributed by atoms with Crippen LogP contribution in [0, 0.1) is 11.8 Å². The van der Waals surface area contributed by atoms with E-state index in [0.717, 1.165) is 5.46 Å². The van der Waals surface area contributed by atoms with Gasteiger partial charge >= 0.3 is 13.1 Å². The van der Waals surface area contributed by atoms with Crippen LogP contribution >= 0.6 is 0 Å². The first-order valence-corrected chi connectivity index (χ1v) is 7.24. The fourth-order valence-corrected chi connectivity index (χ4v) is 1.92. The van der Waals surface area contributed by atoms with Crippen molar-refractivity contribution in [2.45, 2.75) is 45.8 Å². The number of rotatable bonds is 2. The SMILES string of the molecule is CCOC(=O)C#Cc1cncc(B2OC(C)(C)C(C)(C)O2)c1. The normalized spacial score (nSPS) is 18.5. The lowest BCUT2D eigenvalue weighted by atomic mass is 9.80. The Labute approximate surface area is 131 Å². The number of carbonyl (C=O) groups excluding carboxylic acids is 1. The molecule has 0 bridgehead atoms. The van der Waals surface area contributed by atoms with Gasteiger partial charge in [-0.3, -0.25) is 4.98 Å². The Hall–Kier alpha value is -1.84. The maximum Gasteiger partial charge on any atom is 0.496 e. The van der Waals surface area contributed by atoms with Crippen LogP contribution in [0.2, 0.25) is 0 Å². The van der Waals surface area contributed by atoms with Crippen molar-refractivity contribution in [1.29, 1.82) is 0 Å². The van der Waals surface area contributed by atoms with Gasteiger partial charge < -0.3 is 14.0 Å². The van der Waals surface area contributed by atoms with E-state index in [0.29, 0.717) is 12.2 Å². The third kappa shape index (κ3) is 3.49. The fourth-order valence-electron chi connectivity index (χ4n) is 1.92. The maximum atomic E-state index is 11.3. The topological polar surface area (TPSA) is 57.7 Å². The molecule has 0 unspecified atom stereocenters. The Morgan fingerprint density at radius 1 is 1.27 bits per heavy atom. The van der Waals surface area contributed by atoms with Crippen molar-refractivity contribution in [3.05, 3.63) is 24.0 Å². The number of ether oxygens (including phenoxy) is 1. The molecule has 1 saturated heterocycles. The zero-order valence-corrected chi connectivity index (χ0v) is 13.6. The van der Waals surface area contributed by atoms with Gasteiger partial charge in [0, 0.05) is 29.3 Å². The molecule has 0 saturated carbocycles. The van der Waals surface area contributed by atoms with Gasteiger partial charge in [-0.25, -0.2) is 4.79 Å². The second-order valence-corrected chi connectivity index (χ2v) is 6.07. The van der Waals surface area contributed by atoms with E-state index in [1.807, 2.05) is 27.7 Å². The molecule has 6 heteroatoms. The zero-order valence-electron chi connectivity index (χ0n) is 13.6. The van der Waals surface area contributed by atoms with E-state index in [1.165, 1.54) is 0 Å². The largest absolute Gasteiger partial charge is 0.496 e. The van der Waals surface area contributed by atoms with Crippen molar-refractivity contribution in [3.63, 3.8) is 0 Å². The van der Waals surface area contributed by atoms with Gasteiger partial charge in [-0.15, -0.1) is 0 Å². The summed E-state index contributed by atoms with van der Waals surface area (Å²) in [5, 5.41) is 0. The van der Waals surface area contributed by atoms with Crippen LogP contribution in [0.3, 0.4) is 0 Å². The molecule has 116 valence electrons. The lowest BCUT2D eigenvalue weighted by Gasteiger charge is -2.32. The number of carbonyl (C=O) groups is 1. The van der Waals surface area contributed by atoms with Gasteiger partial charge in [0.15, 0.2) is 0 Å². The molecule has 0 aromatic carbocycles. The highest BCUT2D eigenvalue weighted by Crippen LogP contribution is 2.36. The molecule has 0 amide bonds. The van der Waals surface area contributed by atoms with Crippen LogP contribution in [-0.4, -0.2) is 35.9 Å². The second kappa shape index (κ2) is 6.11. The van der Waals surface area contributed by atoms with Crippen molar-refractivity contribution in [2.24, 2.45) is 0 Å². The molecule has 0 atom stereocenters. The Morgan fingerprint density at radius 3 is 2.50 bits per heavy atom. The number of hydrogen-bond donors (Lipinski definition) is 0. The summed E-state index contributed by atoms with van der Waals surface area (Å²) < 4.78 is 16.7. The summed E-state index contributed by atoms with van der Waals surface area (Å²) in [4.78, 5) is 15.4. The van der Waals surface area contributed by atoms with Crippen molar-refractivity contribution < 1.29 is 18.8 Å². The molecule has 2 rings (SSSR count). The molecule has 2 heterocycles. The summed E-state index contributed by atoms with van der Waals surface area (Å²) in [6, 6.07) is 1.81. The van der Waals surface area contributed by atoms with Crippen LogP contribution in [0.25, 0.3) is 0 Å². The number of pyridine rings is 1. The van der Waals surface area contributed by atoms with Crippen LogP contribution in [0.4, 0.5) is 0 Å². The lowest BCUT2D eigenvalue weighted by Crippen LogP contribution is -2.41. The number of hydrogen-bond acceptors (Lipinski definition) is 5. The molecular formula is C16H20BNO4. The highest BCUT2D eigenvalue weighted by Gasteiger charge is 2.51. The molecule has 1 aromatic heterocycles. The van der Waals surface area contributed by atoms with E-state index in [4.69, 9.17) is 14.0 Å². The van der Waals surface area contributed by atoms with Crippen molar-refractivity contribution in [1.82, 2.24) is 4.98 Å². The predicted molar refractivity (Wildman–Crippen MR) is 83.5 cm³/mol. The Kier molecular flexibility index (Phi) is 4.59. The number of esters is 1. The minimum absolute atomic E-state index is 0.305. The van der Waals surface area contributed by atoms with E-state index in [-0.39, 0.29) is 0 Å². The summed E-state index contributed by atoms with van der Waals surface area (Å²) >= 11 is 0. The van der Waals surface area contributed by atoms with Gasteiger partial charge in [0.25, 0.3) is 0 Å². The zero-order chi connectivity index (χ0) is 16.4. The van der Waals surface area contributed by atoms with Crippen LogP contribution in [0.15, 0.2) is 18.5 Å².